The van der Waals surface area contributed by atoms with Crippen LogP contribution in [0.1, 0.15) is 17.8 Å². The molecule has 2 aliphatic rings. The summed E-state index contributed by atoms with van der Waals surface area (Å²) in [5.41, 5.74) is 8.62. The van der Waals surface area contributed by atoms with Gasteiger partial charge in [0.15, 0.2) is 0 Å². The number of thiazole rings is 1. The van der Waals surface area contributed by atoms with Crippen LogP contribution in [0.4, 0.5) is 17.1 Å². The van der Waals surface area contributed by atoms with Gasteiger partial charge in [0.05, 0.1) is 16.4 Å². The van der Waals surface area contributed by atoms with E-state index < -0.39 is 0 Å². The highest BCUT2D eigenvalue weighted by atomic mass is 35.5. The van der Waals surface area contributed by atoms with Crippen molar-refractivity contribution < 1.29 is 4.57 Å². The summed E-state index contributed by atoms with van der Waals surface area (Å²) in [5.74, 6) is 0. The molecular weight excluding hydrogens is 586 g/mol. The van der Waals surface area contributed by atoms with Gasteiger partial charge in [-0.05, 0) is 84.7 Å². The molecule has 4 aromatic carbocycles. The number of aromatic nitrogens is 1. The Hall–Kier alpha value is -4.03. The number of hydrogen-bond donors (Lipinski definition) is 0. The van der Waals surface area contributed by atoms with E-state index in [0.717, 1.165) is 34.8 Å². The minimum atomic E-state index is 0.761. The highest BCUT2D eigenvalue weighted by Gasteiger charge is 2.27. The van der Waals surface area contributed by atoms with E-state index in [2.05, 4.69) is 144 Å². The highest BCUT2D eigenvalue weighted by Crippen LogP contribution is 2.46. The van der Waals surface area contributed by atoms with Crippen molar-refractivity contribution in [2.24, 2.45) is 7.05 Å². The molecule has 0 N–H and O–H groups in total. The fourth-order valence-corrected chi connectivity index (χ4v) is 8.03. The van der Waals surface area contributed by atoms with E-state index in [1.165, 1.54) is 42.2 Å². The molecule has 1 aliphatic carbocycles. The van der Waals surface area contributed by atoms with Crippen molar-refractivity contribution in [3.8, 4) is 0 Å². The number of para-hydroxylation sites is 3. The number of halogens is 1. The van der Waals surface area contributed by atoms with Gasteiger partial charge in [-0.3, -0.25) is 0 Å². The van der Waals surface area contributed by atoms with Crippen molar-refractivity contribution in [1.29, 1.82) is 0 Å². The van der Waals surface area contributed by atoms with Crippen molar-refractivity contribution in [3.05, 3.63) is 153 Å². The lowest BCUT2D eigenvalue weighted by molar-refractivity contribution is -0.642. The van der Waals surface area contributed by atoms with Crippen LogP contribution in [0.15, 0.2) is 148 Å². The normalized spacial score (nSPS) is 16.8. The number of hydrogen-bond acceptors (Lipinski definition) is 4. The molecule has 0 radical (unpaired) electrons. The monoisotopic (exact) mass is 616 g/mol. The first-order chi connectivity index (χ1) is 21.1. The third-order valence-corrected chi connectivity index (χ3v) is 10.6. The quantitative estimate of drug-likeness (QED) is 0.176. The summed E-state index contributed by atoms with van der Waals surface area (Å²) in [6, 6.07) is 36.1. The summed E-state index contributed by atoms with van der Waals surface area (Å²) in [7, 11) is 4.27. The van der Waals surface area contributed by atoms with E-state index in [1.54, 1.807) is 11.3 Å². The van der Waals surface area contributed by atoms with Gasteiger partial charge in [-0.1, -0.05) is 89.3 Å². The second-order valence-corrected chi connectivity index (χ2v) is 13.2. The van der Waals surface area contributed by atoms with Gasteiger partial charge in [-0.2, -0.15) is 4.57 Å². The average Bonchev–Trinajstić information content (AvgIpc) is 3.69. The summed E-state index contributed by atoms with van der Waals surface area (Å²) in [5, 5.41) is 3.19. The van der Waals surface area contributed by atoms with Crippen LogP contribution in [0, 0.1) is 0 Å². The van der Waals surface area contributed by atoms with Crippen LogP contribution in [-0.2, 0) is 7.05 Å². The second-order valence-electron chi connectivity index (χ2n) is 10.7. The number of anilines is 3. The molecule has 43 heavy (non-hydrogen) atoms. The Labute approximate surface area is 266 Å². The van der Waals surface area contributed by atoms with Crippen LogP contribution >= 0.6 is 34.7 Å². The molecule has 0 unspecified atom stereocenters. The first-order valence-electron chi connectivity index (χ1n) is 14.4. The number of rotatable bonds is 6. The molecule has 0 spiro atoms. The van der Waals surface area contributed by atoms with E-state index >= 15 is 0 Å². The van der Waals surface area contributed by atoms with Gasteiger partial charge in [0.25, 0.3) is 5.01 Å². The summed E-state index contributed by atoms with van der Waals surface area (Å²) in [6.45, 7) is 0. The molecule has 0 atom stereocenters. The van der Waals surface area contributed by atoms with E-state index in [1.807, 2.05) is 23.9 Å². The maximum Gasteiger partial charge on any atom is 0.262 e. The number of aryl methyl sites for hydroxylation is 1. The third kappa shape index (κ3) is 5.45. The minimum absolute atomic E-state index is 0.761. The van der Waals surface area contributed by atoms with Crippen LogP contribution < -0.4 is 14.4 Å². The molecule has 3 nitrogen and oxygen atoms in total. The van der Waals surface area contributed by atoms with Gasteiger partial charge in [0.2, 0.25) is 5.52 Å². The van der Waals surface area contributed by atoms with Crippen molar-refractivity contribution in [3.63, 3.8) is 0 Å². The lowest BCUT2D eigenvalue weighted by Gasteiger charge is -2.28. The molecule has 212 valence electrons. The summed E-state index contributed by atoms with van der Waals surface area (Å²) < 4.78 is 3.46. The third-order valence-electron chi connectivity index (χ3n) is 7.98. The van der Waals surface area contributed by atoms with E-state index in [4.69, 9.17) is 11.6 Å². The Morgan fingerprint density at radius 2 is 1.51 bits per heavy atom. The molecular formula is C37H31ClN3S2+. The standard InChI is InChI=1S/C37H31ClN3S2/c1-39-31-15-9-10-16-33(31)42-35(39)23-19-26-17-18-27(20-24-36-40(2)32-25-28(38)21-22-34(32)43-36)37(26)41(29-11-5-3-6-12-29)30-13-7-4-8-14-30/h3-16,19-25H,17-18H2,1-2H3/q+1. The zero-order valence-electron chi connectivity index (χ0n) is 24.1. The first kappa shape index (κ1) is 27.8. The van der Waals surface area contributed by atoms with E-state index in [9.17, 15) is 0 Å². The van der Waals surface area contributed by atoms with Crippen LogP contribution in [0.5, 0.6) is 0 Å². The Balaban J connectivity index is 1.35. The van der Waals surface area contributed by atoms with Crippen LogP contribution in [0.25, 0.3) is 16.3 Å². The molecule has 6 heteroatoms. The molecule has 1 aromatic heterocycles. The maximum absolute atomic E-state index is 6.32. The van der Waals surface area contributed by atoms with E-state index in [-0.39, 0.29) is 0 Å². The summed E-state index contributed by atoms with van der Waals surface area (Å²) >= 11 is 9.94. The molecule has 7 rings (SSSR count). The Morgan fingerprint density at radius 3 is 2.23 bits per heavy atom. The predicted molar refractivity (Wildman–Crippen MR) is 185 cm³/mol. The molecule has 0 bridgehead atoms. The van der Waals surface area contributed by atoms with Gasteiger partial charge >= 0.3 is 0 Å². The molecule has 0 saturated heterocycles. The zero-order valence-corrected chi connectivity index (χ0v) is 26.5. The second kappa shape index (κ2) is 11.9. The van der Waals surface area contributed by atoms with Crippen molar-refractivity contribution in [1.82, 2.24) is 0 Å². The Morgan fingerprint density at radius 1 is 0.814 bits per heavy atom. The van der Waals surface area contributed by atoms with Gasteiger partial charge < -0.3 is 9.80 Å². The number of benzene rings is 4. The lowest BCUT2D eigenvalue weighted by Crippen LogP contribution is -2.28. The van der Waals surface area contributed by atoms with Gasteiger partial charge in [0, 0.05) is 40.5 Å². The topological polar surface area (TPSA) is 10.4 Å². The summed E-state index contributed by atoms with van der Waals surface area (Å²) in [4.78, 5) is 6.01. The van der Waals surface area contributed by atoms with Crippen LogP contribution in [-0.4, -0.2) is 7.05 Å². The van der Waals surface area contributed by atoms with Crippen molar-refractivity contribution in [2.75, 3.05) is 16.8 Å². The number of thioether (sulfide) groups is 1. The molecule has 2 heterocycles. The largest absolute Gasteiger partial charge is 0.338 e. The fourth-order valence-electron chi connectivity index (χ4n) is 5.78. The van der Waals surface area contributed by atoms with Gasteiger partial charge in [-0.15, -0.1) is 0 Å². The minimum Gasteiger partial charge on any atom is -0.338 e. The first-order valence-corrected chi connectivity index (χ1v) is 16.4. The molecule has 0 saturated carbocycles. The molecule has 0 amide bonds. The predicted octanol–water partition coefficient (Wildman–Crippen LogP) is 10.3. The van der Waals surface area contributed by atoms with Crippen molar-refractivity contribution in [2.45, 2.75) is 17.7 Å². The molecule has 5 aromatic rings. The lowest BCUT2D eigenvalue weighted by atomic mass is 10.1. The average molecular weight is 617 g/mol. The summed E-state index contributed by atoms with van der Waals surface area (Å²) in [6.07, 6.45) is 11.2. The SMILES string of the molecule is CN1C(=CC=C2CCC(C=Cc3sc4ccc(Cl)cc4[n+]3C)=C2N(c2ccccc2)c2ccccc2)Sc2ccccc21. The van der Waals surface area contributed by atoms with Gasteiger partial charge in [0.1, 0.15) is 11.7 Å². The fraction of sp³-hybridized carbons (Fsp3) is 0.108. The molecule has 1 aliphatic heterocycles. The Kier molecular flexibility index (Phi) is 7.70. The van der Waals surface area contributed by atoms with E-state index in [0.29, 0.717) is 0 Å². The molecule has 0 fully saturated rings. The smallest absolute Gasteiger partial charge is 0.262 e. The zero-order chi connectivity index (χ0) is 29.3. The van der Waals surface area contributed by atoms with Crippen LogP contribution in [0.2, 0.25) is 5.02 Å². The van der Waals surface area contributed by atoms with Gasteiger partial charge in [-0.25, -0.2) is 0 Å². The van der Waals surface area contributed by atoms with Crippen molar-refractivity contribution >= 4 is 68.1 Å². The number of allylic oxidation sites excluding steroid dienone is 5. The number of fused-ring (bicyclic) bond motifs is 2. The number of nitrogens with zero attached hydrogens (tertiary/aromatic N) is 3. The van der Waals surface area contributed by atoms with Crippen LogP contribution in [0.3, 0.4) is 0 Å². The maximum atomic E-state index is 6.32. The Bertz CT molecular complexity index is 1900. The highest BCUT2D eigenvalue weighted by molar-refractivity contribution is 8.03.